The number of carbonyl (C=O) groups is 2. The van der Waals surface area contributed by atoms with Crippen LogP contribution in [0.1, 0.15) is 22.3 Å². The van der Waals surface area contributed by atoms with Crippen LogP contribution >= 0.6 is 0 Å². The molecule has 108 valence electrons. The molecular weight excluding hydrogens is 268 g/mol. The number of nitro benzene ring substituents is 1. The number of hydrogen-bond acceptors (Lipinski definition) is 5. The van der Waals surface area contributed by atoms with Crippen LogP contribution in [0.5, 0.6) is 0 Å². The zero-order valence-corrected chi connectivity index (χ0v) is 10.7. The molecule has 1 rings (SSSR count). The van der Waals surface area contributed by atoms with Crippen molar-refractivity contribution in [1.29, 1.82) is 0 Å². The lowest BCUT2D eigenvalue weighted by molar-refractivity contribution is -0.384. The lowest BCUT2D eigenvalue weighted by Gasteiger charge is -2.09. The molecule has 0 aromatic heterocycles. The van der Waals surface area contributed by atoms with Crippen LogP contribution < -0.4 is 5.32 Å². The van der Waals surface area contributed by atoms with Gasteiger partial charge in [-0.25, -0.2) is 4.79 Å². The predicted octanol–water partition coefficient (Wildman–Crippen LogP) is 0.469. The molecular formula is C12H14N2O6. The molecule has 0 saturated heterocycles. The Morgan fingerprint density at radius 3 is 2.65 bits per heavy atom. The third-order valence-electron chi connectivity index (χ3n) is 2.66. The Labute approximate surface area is 114 Å². The van der Waals surface area contributed by atoms with E-state index < -0.39 is 22.9 Å². The molecule has 0 aliphatic carbocycles. The first-order valence-electron chi connectivity index (χ1n) is 5.77. The molecule has 8 heteroatoms. The van der Waals surface area contributed by atoms with Crippen molar-refractivity contribution in [1.82, 2.24) is 5.32 Å². The first-order valence-corrected chi connectivity index (χ1v) is 5.77. The van der Waals surface area contributed by atoms with Crippen molar-refractivity contribution in [2.24, 2.45) is 0 Å². The van der Waals surface area contributed by atoms with E-state index in [0.29, 0.717) is 5.56 Å². The molecule has 1 aromatic rings. The molecule has 0 aliphatic heterocycles. The van der Waals surface area contributed by atoms with Crippen LogP contribution in [-0.2, 0) is 4.79 Å². The number of amides is 1. The molecule has 0 fully saturated rings. The third-order valence-corrected chi connectivity index (χ3v) is 2.66. The number of benzene rings is 1. The fourth-order valence-corrected chi connectivity index (χ4v) is 1.51. The highest BCUT2D eigenvalue weighted by molar-refractivity contribution is 5.96. The SMILES string of the molecule is Cc1ccc([N+](=O)[O-])cc1C(=O)NCCC(O)C(=O)O. The number of aliphatic hydroxyl groups excluding tert-OH is 1. The average Bonchev–Trinajstić information content (AvgIpc) is 2.38. The highest BCUT2D eigenvalue weighted by atomic mass is 16.6. The molecule has 0 radical (unpaired) electrons. The molecule has 0 bridgehead atoms. The van der Waals surface area contributed by atoms with E-state index in [1.165, 1.54) is 12.1 Å². The molecule has 0 spiro atoms. The maximum Gasteiger partial charge on any atom is 0.332 e. The van der Waals surface area contributed by atoms with E-state index in [1.54, 1.807) is 6.92 Å². The van der Waals surface area contributed by atoms with E-state index in [4.69, 9.17) is 10.2 Å². The second kappa shape index (κ2) is 6.62. The van der Waals surface area contributed by atoms with E-state index >= 15 is 0 Å². The summed E-state index contributed by atoms with van der Waals surface area (Å²) in [7, 11) is 0. The number of non-ortho nitro benzene ring substituents is 1. The van der Waals surface area contributed by atoms with E-state index in [9.17, 15) is 19.7 Å². The van der Waals surface area contributed by atoms with Gasteiger partial charge in [-0.1, -0.05) is 6.07 Å². The fourth-order valence-electron chi connectivity index (χ4n) is 1.51. The second-order valence-electron chi connectivity index (χ2n) is 4.15. The largest absolute Gasteiger partial charge is 0.479 e. The molecule has 0 saturated carbocycles. The van der Waals surface area contributed by atoms with Crippen LogP contribution in [0.15, 0.2) is 18.2 Å². The molecule has 1 unspecified atom stereocenters. The smallest absolute Gasteiger partial charge is 0.332 e. The van der Waals surface area contributed by atoms with Gasteiger partial charge in [-0.15, -0.1) is 0 Å². The maximum atomic E-state index is 11.8. The van der Waals surface area contributed by atoms with Crippen LogP contribution in [0.25, 0.3) is 0 Å². The van der Waals surface area contributed by atoms with Crippen molar-refractivity contribution in [2.45, 2.75) is 19.4 Å². The minimum Gasteiger partial charge on any atom is -0.479 e. The average molecular weight is 282 g/mol. The van der Waals surface area contributed by atoms with Crippen molar-refractivity contribution in [3.63, 3.8) is 0 Å². The number of carboxylic acid groups (broad SMARTS) is 1. The van der Waals surface area contributed by atoms with Gasteiger partial charge in [-0.05, 0) is 12.5 Å². The van der Waals surface area contributed by atoms with Gasteiger partial charge in [0.05, 0.1) is 4.92 Å². The Hall–Kier alpha value is -2.48. The quantitative estimate of drug-likeness (QED) is 0.513. The number of hydrogen-bond donors (Lipinski definition) is 3. The van der Waals surface area contributed by atoms with Crippen molar-refractivity contribution >= 4 is 17.6 Å². The van der Waals surface area contributed by atoms with Crippen molar-refractivity contribution in [3.05, 3.63) is 39.4 Å². The van der Waals surface area contributed by atoms with E-state index in [1.807, 2.05) is 0 Å². The molecule has 0 aliphatic rings. The molecule has 8 nitrogen and oxygen atoms in total. The molecule has 1 atom stereocenters. The summed E-state index contributed by atoms with van der Waals surface area (Å²) in [5.41, 5.74) is 0.502. The number of aryl methyl sites for hydroxylation is 1. The number of rotatable bonds is 6. The number of aliphatic carboxylic acids is 1. The Balaban J connectivity index is 2.70. The van der Waals surface area contributed by atoms with Gasteiger partial charge in [-0.3, -0.25) is 14.9 Å². The van der Waals surface area contributed by atoms with Gasteiger partial charge >= 0.3 is 5.97 Å². The Bertz CT molecular complexity index is 543. The Morgan fingerprint density at radius 2 is 2.10 bits per heavy atom. The van der Waals surface area contributed by atoms with Crippen LogP contribution in [-0.4, -0.2) is 39.7 Å². The fraction of sp³-hybridized carbons (Fsp3) is 0.333. The lowest BCUT2D eigenvalue weighted by Crippen LogP contribution is -2.30. The van der Waals surface area contributed by atoms with Gasteiger partial charge in [0.1, 0.15) is 0 Å². The lowest BCUT2D eigenvalue weighted by atomic mass is 10.1. The number of aliphatic hydroxyl groups is 1. The van der Waals surface area contributed by atoms with Crippen molar-refractivity contribution in [2.75, 3.05) is 6.54 Å². The highest BCUT2D eigenvalue weighted by Gasteiger charge is 2.16. The third kappa shape index (κ3) is 4.02. The number of nitro groups is 1. The first kappa shape index (κ1) is 15.6. The van der Waals surface area contributed by atoms with Gasteiger partial charge < -0.3 is 15.5 Å². The zero-order valence-electron chi connectivity index (χ0n) is 10.7. The van der Waals surface area contributed by atoms with Gasteiger partial charge in [0.15, 0.2) is 6.10 Å². The normalized spacial score (nSPS) is 11.7. The van der Waals surface area contributed by atoms with Gasteiger partial charge in [0.2, 0.25) is 0 Å². The number of nitrogens with one attached hydrogen (secondary N) is 1. The molecule has 20 heavy (non-hydrogen) atoms. The summed E-state index contributed by atoms with van der Waals surface area (Å²) in [5, 5.41) is 30.6. The molecule has 0 heterocycles. The van der Waals surface area contributed by atoms with Gasteiger partial charge in [0.25, 0.3) is 11.6 Å². The number of nitrogens with zero attached hydrogens (tertiary/aromatic N) is 1. The topological polar surface area (TPSA) is 130 Å². The monoisotopic (exact) mass is 282 g/mol. The second-order valence-corrected chi connectivity index (χ2v) is 4.15. The Morgan fingerprint density at radius 1 is 1.45 bits per heavy atom. The minimum atomic E-state index is -1.55. The molecule has 3 N–H and O–H groups in total. The van der Waals surface area contributed by atoms with Gasteiger partial charge in [-0.2, -0.15) is 0 Å². The van der Waals surface area contributed by atoms with E-state index in [-0.39, 0.29) is 24.2 Å². The van der Waals surface area contributed by atoms with Gasteiger partial charge in [0, 0.05) is 30.7 Å². The van der Waals surface area contributed by atoms with Crippen molar-refractivity contribution in [3.8, 4) is 0 Å². The summed E-state index contributed by atoms with van der Waals surface area (Å²) in [5.74, 6) is -1.92. The Kier molecular flexibility index (Phi) is 5.15. The maximum absolute atomic E-state index is 11.8. The zero-order chi connectivity index (χ0) is 15.3. The van der Waals surface area contributed by atoms with E-state index in [2.05, 4.69) is 5.32 Å². The summed E-state index contributed by atoms with van der Waals surface area (Å²) < 4.78 is 0. The van der Waals surface area contributed by atoms with Crippen LogP contribution in [0.4, 0.5) is 5.69 Å². The summed E-state index contributed by atoms with van der Waals surface area (Å²) in [6.07, 6.45) is -1.70. The first-order chi connectivity index (χ1) is 9.32. The van der Waals surface area contributed by atoms with Crippen LogP contribution in [0.3, 0.4) is 0 Å². The van der Waals surface area contributed by atoms with Crippen LogP contribution in [0, 0.1) is 17.0 Å². The summed E-state index contributed by atoms with van der Waals surface area (Å²) in [6, 6.07) is 3.90. The molecule has 1 aromatic carbocycles. The summed E-state index contributed by atoms with van der Waals surface area (Å²) in [4.78, 5) is 32.2. The summed E-state index contributed by atoms with van der Waals surface area (Å²) in [6.45, 7) is 1.58. The molecule has 1 amide bonds. The van der Waals surface area contributed by atoms with E-state index in [0.717, 1.165) is 6.07 Å². The standard InChI is InChI=1S/C12H14N2O6/c1-7-2-3-8(14(19)20)6-9(7)11(16)13-5-4-10(15)12(17)18/h2-3,6,10,15H,4-5H2,1H3,(H,13,16)(H,17,18). The number of carbonyl (C=O) groups excluding carboxylic acids is 1. The summed E-state index contributed by atoms with van der Waals surface area (Å²) >= 11 is 0. The number of carboxylic acids is 1. The minimum absolute atomic E-state index is 0.0472. The predicted molar refractivity (Wildman–Crippen MR) is 68.4 cm³/mol. The highest BCUT2D eigenvalue weighted by Crippen LogP contribution is 2.17. The van der Waals surface area contributed by atoms with Crippen molar-refractivity contribution < 1.29 is 24.7 Å². The van der Waals surface area contributed by atoms with Crippen LogP contribution in [0.2, 0.25) is 0 Å².